The monoisotopic (exact) mass is 310 g/mol. The van der Waals surface area contributed by atoms with Gasteiger partial charge >= 0.3 is 6.03 Å². The van der Waals surface area contributed by atoms with Crippen LogP contribution in [0.4, 0.5) is 10.6 Å². The largest absolute Gasteiger partial charge is 0.340 e. The maximum Gasteiger partial charge on any atom is 0.320 e. The summed E-state index contributed by atoms with van der Waals surface area (Å²) >= 11 is 0. The number of imidazole rings is 1. The molecule has 2 aromatic heterocycles. The quantitative estimate of drug-likeness (QED) is 0.718. The lowest BCUT2D eigenvalue weighted by molar-refractivity contribution is 0.242. The summed E-state index contributed by atoms with van der Waals surface area (Å²) in [5.41, 5.74) is 0.190. The maximum atomic E-state index is 12.0. The van der Waals surface area contributed by atoms with Gasteiger partial charge in [0.1, 0.15) is 11.8 Å². The van der Waals surface area contributed by atoms with E-state index in [1.165, 1.54) is 12.7 Å². The minimum atomic E-state index is -3.08. The van der Waals surface area contributed by atoms with Gasteiger partial charge in [-0.2, -0.15) is 0 Å². The minimum absolute atomic E-state index is 0.0589. The van der Waals surface area contributed by atoms with E-state index in [1.807, 2.05) is 0 Å². The van der Waals surface area contributed by atoms with Crippen LogP contribution in [0.5, 0.6) is 0 Å². The molecule has 0 unspecified atom stereocenters. The molecule has 2 amide bonds. The Bertz CT molecular complexity index is 801. The number of sulfone groups is 1. The number of anilines is 1. The molecule has 1 aliphatic heterocycles. The predicted octanol–water partition coefficient (Wildman–Crippen LogP) is 0.0516. The van der Waals surface area contributed by atoms with Crippen molar-refractivity contribution in [2.24, 2.45) is 0 Å². The Morgan fingerprint density at radius 2 is 2.19 bits per heavy atom. The summed E-state index contributed by atoms with van der Waals surface area (Å²) in [6, 6.07) is -0.510. The van der Waals surface area contributed by atoms with Crippen molar-refractivity contribution in [1.82, 2.24) is 25.3 Å². The Balaban J connectivity index is 1.74. The fourth-order valence-electron chi connectivity index (χ4n) is 2.38. The zero-order valence-electron chi connectivity index (χ0n) is 11.3. The summed E-state index contributed by atoms with van der Waals surface area (Å²) in [4.78, 5) is 26.8. The highest BCUT2D eigenvalue weighted by atomic mass is 32.2. The van der Waals surface area contributed by atoms with Crippen molar-refractivity contribution in [3.8, 4) is 0 Å². The van der Waals surface area contributed by atoms with Gasteiger partial charge in [0.25, 0.3) is 0 Å². The van der Waals surface area contributed by atoms with Crippen LogP contribution in [0, 0.1) is 0 Å². The van der Waals surface area contributed by atoms with E-state index in [1.54, 1.807) is 6.92 Å². The van der Waals surface area contributed by atoms with Crippen molar-refractivity contribution in [1.29, 1.82) is 0 Å². The molecule has 0 radical (unpaired) electrons. The molecule has 1 fully saturated rings. The molecule has 9 nitrogen and oxygen atoms in total. The minimum Gasteiger partial charge on any atom is -0.340 e. The first-order valence-corrected chi connectivity index (χ1v) is 8.13. The molecule has 0 spiro atoms. The third kappa shape index (κ3) is 2.79. The molecular weight excluding hydrogens is 296 g/mol. The van der Waals surface area contributed by atoms with Crippen LogP contribution in [0.1, 0.15) is 13.3 Å². The smallest absolute Gasteiger partial charge is 0.320 e. The number of nitrogens with one attached hydrogen (secondary N) is 3. The van der Waals surface area contributed by atoms with Crippen molar-refractivity contribution in [3.05, 3.63) is 12.7 Å². The van der Waals surface area contributed by atoms with Gasteiger partial charge in [0.05, 0.1) is 23.4 Å². The summed E-state index contributed by atoms with van der Waals surface area (Å²) in [6.45, 7) is 1.71. The molecule has 1 aliphatic rings. The third-order valence-electron chi connectivity index (χ3n) is 3.37. The van der Waals surface area contributed by atoms with Crippen molar-refractivity contribution < 1.29 is 13.2 Å². The average molecular weight is 310 g/mol. The first-order valence-electron chi connectivity index (χ1n) is 6.31. The number of hydrogen-bond donors (Lipinski definition) is 3. The molecule has 1 atom stereocenters. The standard InChI is InChI=1S/C11H14N6O3S/c1-11(2-3-21(19,20)4-11)17-10(18)16-9-7-8(13-5-12-7)14-6-15-9/h5-6H,2-4H2,1H3,(H3,12,13,14,15,16,17,18)/t11-/m0/s1. The van der Waals surface area contributed by atoms with Crippen LogP contribution < -0.4 is 10.6 Å². The molecule has 112 valence electrons. The maximum absolute atomic E-state index is 12.0. The van der Waals surface area contributed by atoms with Gasteiger partial charge < -0.3 is 10.3 Å². The van der Waals surface area contributed by atoms with E-state index in [2.05, 4.69) is 30.6 Å². The van der Waals surface area contributed by atoms with E-state index in [0.29, 0.717) is 23.4 Å². The molecule has 21 heavy (non-hydrogen) atoms. The zero-order chi connectivity index (χ0) is 15.1. The van der Waals surface area contributed by atoms with Crippen LogP contribution in [-0.2, 0) is 9.84 Å². The van der Waals surface area contributed by atoms with Crippen LogP contribution in [0.2, 0.25) is 0 Å². The van der Waals surface area contributed by atoms with E-state index in [-0.39, 0.29) is 11.5 Å². The van der Waals surface area contributed by atoms with Gasteiger partial charge in [0, 0.05) is 0 Å². The number of urea groups is 1. The molecule has 0 saturated carbocycles. The number of amides is 2. The van der Waals surface area contributed by atoms with E-state index < -0.39 is 21.4 Å². The fourth-order valence-corrected chi connectivity index (χ4v) is 4.47. The summed E-state index contributed by atoms with van der Waals surface area (Å²) in [5, 5.41) is 5.28. The van der Waals surface area contributed by atoms with Crippen LogP contribution in [-0.4, -0.2) is 51.4 Å². The Morgan fingerprint density at radius 1 is 1.38 bits per heavy atom. The number of hydrogen-bond acceptors (Lipinski definition) is 6. The Hall–Kier alpha value is -2.23. The normalized spacial score (nSPS) is 24.0. The summed E-state index contributed by atoms with van der Waals surface area (Å²) in [6.07, 6.45) is 3.14. The molecule has 0 aromatic carbocycles. The van der Waals surface area contributed by atoms with Gasteiger partial charge in [-0.05, 0) is 13.3 Å². The highest BCUT2D eigenvalue weighted by Gasteiger charge is 2.39. The molecule has 3 rings (SSSR count). The molecule has 10 heteroatoms. The third-order valence-corrected chi connectivity index (χ3v) is 5.28. The lowest BCUT2D eigenvalue weighted by Crippen LogP contribution is -2.48. The number of rotatable bonds is 2. The van der Waals surface area contributed by atoms with Gasteiger partial charge in [0.15, 0.2) is 21.3 Å². The Morgan fingerprint density at radius 3 is 2.90 bits per heavy atom. The first kappa shape index (κ1) is 13.7. The van der Waals surface area contributed by atoms with Crippen molar-refractivity contribution in [3.63, 3.8) is 0 Å². The first-order chi connectivity index (χ1) is 9.87. The zero-order valence-corrected chi connectivity index (χ0v) is 12.1. The van der Waals surface area contributed by atoms with Gasteiger partial charge in [-0.25, -0.2) is 28.2 Å². The summed E-state index contributed by atoms with van der Waals surface area (Å²) in [5.74, 6) is 0.318. The second-order valence-electron chi connectivity index (χ2n) is 5.31. The number of nitrogens with zero attached hydrogens (tertiary/aromatic N) is 3. The second-order valence-corrected chi connectivity index (χ2v) is 7.49. The number of aromatic amines is 1. The molecular formula is C11H14N6O3S. The molecule has 1 saturated heterocycles. The van der Waals surface area contributed by atoms with Crippen molar-refractivity contribution >= 4 is 32.9 Å². The Labute approximate surface area is 120 Å². The highest BCUT2D eigenvalue weighted by Crippen LogP contribution is 2.23. The fraction of sp³-hybridized carbons (Fsp3) is 0.455. The van der Waals surface area contributed by atoms with E-state index >= 15 is 0 Å². The number of H-pyrrole nitrogens is 1. The molecule has 0 bridgehead atoms. The predicted molar refractivity (Wildman–Crippen MR) is 75.5 cm³/mol. The van der Waals surface area contributed by atoms with Crippen LogP contribution in [0.25, 0.3) is 11.2 Å². The van der Waals surface area contributed by atoms with E-state index in [9.17, 15) is 13.2 Å². The molecule has 3 heterocycles. The van der Waals surface area contributed by atoms with Crippen molar-refractivity contribution in [2.75, 3.05) is 16.8 Å². The molecule has 3 N–H and O–H groups in total. The van der Waals surface area contributed by atoms with Gasteiger partial charge in [-0.1, -0.05) is 0 Å². The topological polar surface area (TPSA) is 130 Å². The lowest BCUT2D eigenvalue weighted by atomic mass is 10.0. The van der Waals surface area contributed by atoms with Crippen LogP contribution >= 0.6 is 0 Å². The van der Waals surface area contributed by atoms with Crippen molar-refractivity contribution in [2.45, 2.75) is 18.9 Å². The number of carbonyl (C=O) groups excluding carboxylic acids is 1. The second kappa shape index (κ2) is 4.65. The number of fused-ring (bicyclic) bond motifs is 1. The van der Waals surface area contributed by atoms with E-state index in [4.69, 9.17) is 0 Å². The molecule has 2 aromatic rings. The molecule has 0 aliphatic carbocycles. The van der Waals surface area contributed by atoms with Gasteiger partial charge in [-0.15, -0.1) is 0 Å². The van der Waals surface area contributed by atoms with E-state index in [0.717, 1.165) is 0 Å². The SMILES string of the molecule is C[C@]1(NC(=O)Nc2ncnc3nc[nH]c23)CCS(=O)(=O)C1. The lowest BCUT2D eigenvalue weighted by Gasteiger charge is -2.23. The Kier molecular flexibility index (Phi) is 3.04. The summed E-state index contributed by atoms with van der Waals surface area (Å²) < 4.78 is 23.0. The van der Waals surface area contributed by atoms with Gasteiger partial charge in [0.2, 0.25) is 0 Å². The number of aromatic nitrogens is 4. The van der Waals surface area contributed by atoms with Gasteiger partial charge in [-0.3, -0.25) is 5.32 Å². The van der Waals surface area contributed by atoms with Crippen LogP contribution in [0.15, 0.2) is 12.7 Å². The van der Waals surface area contributed by atoms with Crippen LogP contribution in [0.3, 0.4) is 0 Å². The average Bonchev–Trinajstić information content (AvgIpc) is 2.94. The number of carbonyl (C=O) groups is 1. The summed E-state index contributed by atoms with van der Waals surface area (Å²) in [7, 11) is -3.08. The highest BCUT2D eigenvalue weighted by molar-refractivity contribution is 7.91.